The van der Waals surface area contributed by atoms with Gasteiger partial charge in [0.2, 0.25) is 0 Å². The van der Waals surface area contributed by atoms with Crippen LogP contribution in [0.2, 0.25) is 0 Å². The third kappa shape index (κ3) is 3.89. The van der Waals surface area contributed by atoms with Gasteiger partial charge in [-0.15, -0.1) is 0 Å². The van der Waals surface area contributed by atoms with E-state index in [0.717, 1.165) is 17.8 Å². The first kappa shape index (κ1) is 18.9. The van der Waals surface area contributed by atoms with E-state index in [1.54, 1.807) is 17.0 Å². The summed E-state index contributed by atoms with van der Waals surface area (Å²) in [6.45, 7) is 1.30. The van der Waals surface area contributed by atoms with Crippen molar-refractivity contribution in [1.29, 1.82) is 0 Å². The van der Waals surface area contributed by atoms with Crippen molar-refractivity contribution < 1.29 is 18.4 Å². The molecule has 2 heterocycles. The lowest BCUT2D eigenvalue weighted by Gasteiger charge is -2.35. The van der Waals surface area contributed by atoms with Crippen molar-refractivity contribution in [2.45, 2.75) is 0 Å². The SMILES string of the molecule is O=C(c1ccc(-n2cccc2)cc1)N1CCN(C(=O)c2ccc(F)cc2F)CC1. The Morgan fingerprint density at radius 1 is 0.759 bits per heavy atom. The molecule has 0 unspecified atom stereocenters. The van der Waals surface area contributed by atoms with Crippen LogP contribution < -0.4 is 0 Å². The summed E-state index contributed by atoms with van der Waals surface area (Å²) in [5.74, 6) is -2.21. The van der Waals surface area contributed by atoms with Crippen LogP contribution in [0.1, 0.15) is 20.7 Å². The molecule has 3 aromatic rings. The van der Waals surface area contributed by atoms with E-state index in [9.17, 15) is 18.4 Å². The predicted octanol–water partition coefficient (Wildman–Crippen LogP) is 3.35. The van der Waals surface area contributed by atoms with Gasteiger partial charge in [0.25, 0.3) is 11.8 Å². The normalized spacial score (nSPS) is 14.1. The van der Waals surface area contributed by atoms with E-state index in [1.807, 2.05) is 41.2 Å². The van der Waals surface area contributed by atoms with Crippen molar-refractivity contribution in [2.24, 2.45) is 0 Å². The molecule has 0 saturated carbocycles. The van der Waals surface area contributed by atoms with Crippen LogP contribution in [0.4, 0.5) is 8.78 Å². The van der Waals surface area contributed by atoms with Crippen molar-refractivity contribution in [3.63, 3.8) is 0 Å². The summed E-state index contributed by atoms with van der Waals surface area (Å²) in [7, 11) is 0. The fourth-order valence-corrected chi connectivity index (χ4v) is 3.41. The summed E-state index contributed by atoms with van der Waals surface area (Å²) in [4.78, 5) is 28.4. The van der Waals surface area contributed by atoms with Crippen molar-refractivity contribution in [1.82, 2.24) is 14.4 Å². The molecule has 1 aliphatic rings. The first-order valence-corrected chi connectivity index (χ1v) is 9.30. The second-order valence-electron chi connectivity index (χ2n) is 6.85. The summed E-state index contributed by atoms with van der Waals surface area (Å²) in [5.41, 5.74) is 1.38. The van der Waals surface area contributed by atoms with Crippen molar-refractivity contribution in [3.8, 4) is 5.69 Å². The number of aromatic nitrogens is 1. The van der Waals surface area contributed by atoms with Crippen LogP contribution in [-0.2, 0) is 0 Å². The molecule has 148 valence electrons. The minimum Gasteiger partial charge on any atom is -0.335 e. The Morgan fingerprint density at radius 3 is 1.93 bits per heavy atom. The van der Waals surface area contributed by atoms with Crippen LogP contribution in [0, 0.1) is 11.6 Å². The molecule has 0 N–H and O–H groups in total. The molecule has 0 atom stereocenters. The summed E-state index contributed by atoms with van der Waals surface area (Å²) in [5, 5.41) is 0. The van der Waals surface area contributed by atoms with Gasteiger partial charge in [0, 0.05) is 55.9 Å². The van der Waals surface area contributed by atoms with Crippen molar-refractivity contribution in [3.05, 3.63) is 89.8 Å². The second kappa shape index (κ2) is 7.87. The summed E-state index contributed by atoms with van der Waals surface area (Å²) >= 11 is 0. The molecule has 1 fully saturated rings. The van der Waals surface area contributed by atoms with Gasteiger partial charge in [0.1, 0.15) is 11.6 Å². The maximum Gasteiger partial charge on any atom is 0.256 e. The summed E-state index contributed by atoms with van der Waals surface area (Å²) < 4.78 is 28.9. The fourth-order valence-electron chi connectivity index (χ4n) is 3.41. The molecular weight excluding hydrogens is 376 g/mol. The number of carbonyl (C=O) groups is 2. The molecule has 2 amide bonds. The van der Waals surface area contributed by atoms with E-state index in [4.69, 9.17) is 0 Å². The van der Waals surface area contributed by atoms with E-state index in [-0.39, 0.29) is 11.5 Å². The highest BCUT2D eigenvalue weighted by molar-refractivity contribution is 5.96. The minimum atomic E-state index is -0.878. The van der Waals surface area contributed by atoms with Gasteiger partial charge in [-0.2, -0.15) is 0 Å². The Labute approximate surface area is 166 Å². The van der Waals surface area contributed by atoms with Crippen LogP contribution in [-0.4, -0.2) is 52.4 Å². The molecule has 4 rings (SSSR count). The van der Waals surface area contributed by atoms with Crippen LogP contribution >= 0.6 is 0 Å². The van der Waals surface area contributed by atoms with Gasteiger partial charge in [-0.05, 0) is 48.5 Å². The monoisotopic (exact) mass is 395 g/mol. The van der Waals surface area contributed by atoms with Gasteiger partial charge in [0.15, 0.2) is 0 Å². The largest absolute Gasteiger partial charge is 0.335 e. The lowest BCUT2D eigenvalue weighted by molar-refractivity contribution is 0.0532. The number of piperazine rings is 1. The molecule has 1 aromatic heterocycles. The number of benzene rings is 2. The third-order valence-corrected chi connectivity index (χ3v) is 5.03. The third-order valence-electron chi connectivity index (χ3n) is 5.03. The number of amides is 2. The smallest absolute Gasteiger partial charge is 0.256 e. The van der Waals surface area contributed by atoms with Gasteiger partial charge in [-0.1, -0.05) is 0 Å². The Morgan fingerprint density at radius 2 is 1.34 bits per heavy atom. The fraction of sp³-hybridized carbons (Fsp3) is 0.182. The summed E-state index contributed by atoms with van der Waals surface area (Å²) in [6, 6.07) is 14.1. The van der Waals surface area contributed by atoms with Gasteiger partial charge in [0.05, 0.1) is 5.56 Å². The average molecular weight is 395 g/mol. The van der Waals surface area contributed by atoms with Crippen LogP contribution in [0.3, 0.4) is 0 Å². The van der Waals surface area contributed by atoms with Crippen molar-refractivity contribution >= 4 is 11.8 Å². The zero-order chi connectivity index (χ0) is 20.4. The molecule has 5 nitrogen and oxygen atoms in total. The highest BCUT2D eigenvalue weighted by Crippen LogP contribution is 2.16. The molecule has 2 aromatic carbocycles. The Bertz CT molecular complexity index is 1020. The Hall–Kier alpha value is -3.48. The van der Waals surface area contributed by atoms with E-state index in [2.05, 4.69) is 0 Å². The number of hydrogen-bond donors (Lipinski definition) is 0. The minimum absolute atomic E-state index is 0.107. The predicted molar refractivity (Wildman–Crippen MR) is 104 cm³/mol. The maximum atomic E-state index is 13.9. The second-order valence-corrected chi connectivity index (χ2v) is 6.85. The average Bonchev–Trinajstić information content (AvgIpc) is 3.28. The quantitative estimate of drug-likeness (QED) is 0.683. The molecule has 7 heteroatoms. The Balaban J connectivity index is 1.39. The van der Waals surface area contributed by atoms with E-state index in [1.165, 1.54) is 4.90 Å². The number of hydrogen-bond acceptors (Lipinski definition) is 2. The molecule has 0 aliphatic carbocycles. The zero-order valence-corrected chi connectivity index (χ0v) is 15.6. The highest BCUT2D eigenvalue weighted by atomic mass is 19.1. The number of carbonyl (C=O) groups excluding carboxylic acids is 2. The van der Waals surface area contributed by atoms with Gasteiger partial charge in [-0.25, -0.2) is 8.78 Å². The van der Waals surface area contributed by atoms with E-state index in [0.29, 0.717) is 37.8 Å². The summed E-state index contributed by atoms with van der Waals surface area (Å²) in [6.07, 6.45) is 3.86. The zero-order valence-electron chi connectivity index (χ0n) is 15.6. The molecule has 0 radical (unpaired) electrons. The number of nitrogens with zero attached hydrogens (tertiary/aromatic N) is 3. The Kier molecular flexibility index (Phi) is 5.12. The van der Waals surface area contributed by atoms with Crippen LogP contribution in [0.15, 0.2) is 67.0 Å². The van der Waals surface area contributed by atoms with Gasteiger partial charge in [-0.3, -0.25) is 9.59 Å². The van der Waals surface area contributed by atoms with E-state index >= 15 is 0 Å². The lowest BCUT2D eigenvalue weighted by Crippen LogP contribution is -2.50. The lowest BCUT2D eigenvalue weighted by atomic mass is 10.1. The van der Waals surface area contributed by atoms with Crippen LogP contribution in [0.25, 0.3) is 5.69 Å². The molecule has 0 spiro atoms. The topological polar surface area (TPSA) is 45.6 Å². The van der Waals surface area contributed by atoms with Gasteiger partial charge < -0.3 is 14.4 Å². The maximum absolute atomic E-state index is 13.9. The highest BCUT2D eigenvalue weighted by Gasteiger charge is 2.27. The number of rotatable bonds is 3. The molecule has 1 saturated heterocycles. The molecule has 29 heavy (non-hydrogen) atoms. The molecular formula is C22H19F2N3O2. The standard InChI is InChI=1S/C22H19F2N3O2/c23-17-5-8-19(20(24)15-17)22(29)27-13-11-26(12-14-27)21(28)16-3-6-18(7-4-16)25-9-1-2-10-25/h1-10,15H,11-14H2. The molecule has 1 aliphatic heterocycles. The van der Waals surface area contributed by atoms with Crippen LogP contribution in [0.5, 0.6) is 0 Å². The first-order chi connectivity index (χ1) is 14.0. The van der Waals surface area contributed by atoms with Crippen molar-refractivity contribution in [2.75, 3.05) is 26.2 Å². The molecule has 0 bridgehead atoms. The van der Waals surface area contributed by atoms with Gasteiger partial charge >= 0.3 is 0 Å². The van der Waals surface area contributed by atoms with E-state index < -0.39 is 17.5 Å². The number of halogens is 2. The first-order valence-electron chi connectivity index (χ1n) is 9.30.